The van der Waals surface area contributed by atoms with Gasteiger partial charge >= 0.3 is 6.09 Å². The van der Waals surface area contributed by atoms with Crippen molar-refractivity contribution in [1.82, 2.24) is 10.2 Å². The summed E-state index contributed by atoms with van der Waals surface area (Å²) in [7, 11) is 0. The highest BCUT2D eigenvalue weighted by Gasteiger charge is 2.24. The summed E-state index contributed by atoms with van der Waals surface area (Å²) in [5, 5.41) is 11.8. The van der Waals surface area contributed by atoms with E-state index in [1.807, 2.05) is 20.8 Å². The number of ether oxygens (including phenoxy) is 1. The minimum absolute atomic E-state index is 0.160. The molecule has 1 unspecified atom stereocenters. The number of nitrogens with zero attached hydrogens (tertiary/aromatic N) is 2. The van der Waals surface area contributed by atoms with E-state index < -0.39 is 5.60 Å². The summed E-state index contributed by atoms with van der Waals surface area (Å²) >= 11 is 0. The largest absolute Gasteiger partial charge is 0.444 e. The molecule has 5 heteroatoms. The van der Waals surface area contributed by atoms with Crippen LogP contribution in [0.1, 0.15) is 27.2 Å². The Morgan fingerprint density at radius 3 is 2.75 bits per heavy atom. The summed E-state index contributed by atoms with van der Waals surface area (Å²) in [5.74, 6) is 0. The minimum Gasteiger partial charge on any atom is -0.444 e. The molecule has 0 bridgehead atoms. The van der Waals surface area contributed by atoms with E-state index >= 15 is 0 Å². The highest BCUT2D eigenvalue weighted by molar-refractivity contribution is 5.68. The van der Waals surface area contributed by atoms with Crippen LogP contribution >= 0.6 is 0 Å². The number of hydrogen-bond donors (Lipinski definition) is 1. The second-order valence-corrected chi connectivity index (χ2v) is 4.89. The molecule has 0 radical (unpaired) electrons. The van der Waals surface area contributed by atoms with Crippen molar-refractivity contribution in [1.29, 1.82) is 5.26 Å². The molecule has 1 heterocycles. The molecular formula is C11H19N3O2. The third-order valence-electron chi connectivity index (χ3n) is 2.27. The van der Waals surface area contributed by atoms with E-state index in [1.54, 1.807) is 4.90 Å². The molecule has 1 amide bonds. The van der Waals surface area contributed by atoms with Crippen LogP contribution in [-0.4, -0.2) is 42.3 Å². The summed E-state index contributed by atoms with van der Waals surface area (Å²) in [4.78, 5) is 13.4. The van der Waals surface area contributed by atoms with Crippen molar-refractivity contribution in [3.63, 3.8) is 0 Å². The number of hydrogen-bond acceptors (Lipinski definition) is 4. The van der Waals surface area contributed by atoms with Crippen LogP contribution in [0.2, 0.25) is 0 Å². The molecule has 0 aromatic heterocycles. The molecule has 0 aliphatic carbocycles. The van der Waals surface area contributed by atoms with Crippen molar-refractivity contribution in [2.75, 3.05) is 19.6 Å². The van der Waals surface area contributed by atoms with Gasteiger partial charge in [-0.3, -0.25) is 0 Å². The predicted molar refractivity (Wildman–Crippen MR) is 59.8 cm³/mol. The van der Waals surface area contributed by atoms with Crippen molar-refractivity contribution < 1.29 is 9.53 Å². The standard InChI is InChI=1S/C11H19N3O2/c1-11(2,3)16-10(15)14-6-4-9(8-12)13-5-7-14/h9,13H,4-7H2,1-3H3. The van der Waals surface area contributed by atoms with Crippen LogP contribution < -0.4 is 5.32 Å². The lowest BCUT2D eigenvalue weighted by atomic mass is 10.2. The Morgan fingerprint density at radius 2 is 2.19 bits per heavy atom. The predicted octanol–water partition coefficient (Wildman–Crippen LogP) is 1.11. The topological polar surface area (TPSA) is 65.4 Å². The number of rotatable bonds is 0. The van der Waals surface area contributed by atoms with E-state index in [1.165, 1.54) is 0 Å². The molecule has 90 valence electrons. The summed E-state index contributed by atoms with van der Waals surface area (Å²) in [5.41, 5.74) is -0.467. The average molecular weight is 225 g/mol. The van der Waals surface area contributed by atoms with Crippen molar-refractivity contribution in [3.05, 3.63) is 0 Å². The Kier molecular flexibility index (Phi) is 4.13. The third-order valence-corrected chi connectivity index (χ3v) is 2.27. The molecule has 1 aliphatic heterocycles. The first-order valence-electron chi connectivity index (χ1n) is 5.53. The van der Waals surface area contributed by atoms with E-state index in [9.17, 15) is 4.79 Å². The van der Waals surface area contributed by atoms with E-state index in [0.29, 0.717) is 26.1 Å². The second kappa shape index (κ2) is 5.17. The SMILES string of the molecule is CC(C)(C)OC(=O)N1CCNC(C#N)CC1. The van der Waals surface area contributed by atoms with Gasteiger partial charge in [0.2, 0.25) is 0 Å². The third kappa shape index (κ3) is 4.07. The van der Waals surface area contributed by atoms with Crippen molar-refractivity contribution in [2.24, 2.45) is 0 Å². The number of carbonyl (C=O) groups is 1. The van der Waals surface area contributed by atoms with Gasteiger partial charge in [-0.1, -0.05) is 0 Å². The fraction of sp³-hybridized carbons (Fsp3) is 0.818. The Labute approximate surface area is 96.4 Å². The maximum Gasteiger partial charge on any atom is 0.410 e. The average Bonchev–Trinajstić information content (AvgIpc) is 2.39. The van der Waals surface area contributed by atoms with Crippen LogP contribution in [-0.2, 0) is 4.74 Å². The maximum absolute atomic E-state index is 11.8. The Morgan fingerprint density at radius 1 is 1.50 bits per heavy atom. The molecule has 16 heavy (non-hydrogen) atoms. The van der Waals surface area contributed by atoms with Gasteiger partial charge in [0, 0.05) is 19.6 Å². The lowest BCUT2D eigenvalue weighted by Gasteiger charge is -2.26. The monoisotopic (exact) mass is 225 g/mol. The number of carbonyl (C=O) groups excluding carboxylic acids is 1. The summed E-state index contributed by atoms with van der Waals surface area (Å²) < 4.78 is 5.28. The van der Waals surface area contributed by atoms with E-state index in [4.69, 9.17) is 10.00 Å². The molecule has 1 saturated heterocycles. The first kappa shape index (κ1) is 12.8. The molecular weight excluding hydrogens is 206 g/mol. The molecule has 0 aromatic carbocycles. The highest BCUT2D eigenvalue weighted by Crippen LogP contribution is 2.11. The molecule has 5 nitrogen and oxygen atoms in total. The van der Waals surface area contributed by atoms with Gasteiger partial charge in [0.05, 0.1) is 12.1 Å². The molecule has 1 aliphatic rings. The molecule has 1 atom stereocenters. The Hall–Kier alpha value is -1.28. The van der Waals surface area contributed by atoms with Gasteiger partial charge < -0.3 is 15.0 Å². The van der Waals surface area contributed by atoms with Crippen LogP contribution in [0.25, 0.3) is 0 Å². The van der Waals surface area contributed by atoms with Crippen LogP contribution in [0.15, 0.2) is 0 Å². The van der Waals surface area contributed by atoms with Crippen LogP contribution in [0.5, 0.6) is 0 Å². The van der Waals surface area contributed by atoms with Crippen LogP contribution in [0.3, 0.4) is 0 Å². The summed E-state index contributed by atoms with van der Waals surface area (Å²) in [6.07, 6.45) is 0.350. The number of nitriles is 1. The second-order valence-electron chi connectivity index (χ2n) is 4.89. The van der Waals surface area contributed by atoms with Crippen LogP contribution in [0, 0.1) is 11.3 Å². The van der Waals surface area contributed by atoms with Crippen molar-refractivity contribution in [3.8, 4) is 6.07 Å². The van der Waals surface area contributed by atoms with E-state index in [0.717, 1.165) is 0 Å². The lowest BCUT2D eigenvalue weighted by molar-refractivity contribution is 0.0262. The van der Waals surface area contributed by atoms with Crippen LogP contribution in [0.4, 0.5) is 4.79 Å². The highest BCUT2D eigenvalue weighted by atomic mass is 16.6. The van der Waals surface area contributed by atoms with Crippen molar-refractivity contribution >= 4 is 6.09 Å². The normalized spacial score (nSPS) is 22.1. The smallest absolute Gasteiger partial charge is 0.410 e. The zero-order valence-corrected chi connectivity index (χ0v) is 10.1. The Balaban J connectivity index is 2.49. The molecule has 0 aromatic rings. The lowest BCUT2D eigenvalue weighted by Crippen LogP contribution is -2.38. The fourth-order valence-electron chi connectivity index (χ4n) is 1.49. The van der Waals surface area contributed by atoms with Gasteiger partial charge in [-0.2, -0.15) is 5.26 Å². The quantitative estimate of drug-likeness (QED) is 0.670. The zero-order chi connectivity index (χ0) is 12.2. The minimum atomic E-state index is -0.467. The number of amides is 1. The molecule has 0 spiro atoms. The van der Waals surface area contributed by atoms with Gasteiger partial charge in [-0.25, -0.2) is 4.79 Å². The van der Waals surface area contributed by atoms with Gasteiger partial charge in [0.1, 0.15) is 5.60 Å². The van der Waals surface area contributed by atoms with E-state index in [-0.39, 0.29) is 12.1 Å². The first-order chi connectivity index (χ1) is 7.42. The molecule has 1 fully saturated rings. The van der Waals surface area contributed by atoms with Gasteiger partial charge in [-0.05, 0) is 27.2 Å². The van der Waals surface area contributed by atoms with Gasteiger partial charge in [0.25, 0.3) is 0 Å². The summed E-state index contributed by atoms with van der Waals surface area (Å²) in [6.45, 7) is 7.34. The zero-order valence-electron chi connectivity index (χ0n) is 10.1. The first-order valence-corrected chi connectivity index (χ1v) is 5.53. The van der Waals surface area contributed by atoms with Gasteiger partial charge in [0.15, 0.2) is 0 Å². The summed E-state index contributed by atoms with van der Waals surface area (Å²) in [6, 6.07) is 2.00. The number of nitrogens with one attached hydrogen (secondary N) is 1. The molecule has 1 N–H and O–H groups in total. The van der Waals surface area contributed by atoms with Gasteiger partial charge in [-0.15, -0.1) is 0 Å². The van der Waals surface area contributed by atoms with E-state index in [2.05, 4.69) is 11.4 Å². The van der Waals surface area contributed by atoms with Crippen molar-refractivity contribution in [2.45, 2.75) is 38.8 Å². The Bertz CT molecular complexity index is 291. The maximum atomic E-state index is 11.8. The molecule has 0 saturated carbocycles. The fourth-order valence-corrected chi connectivity index (χ4v) is 1.49. The molecule has 1 rings (SSSR count).